The normalized spacial score (nSPS) is 21.4. The number of amides is 1. The Bertz CT molecular complexity index is 666. The van der Waals surface area contributed by atoms with Crippen LogP contribution >= 0.6 is 0 Å². The number of rotatable bonds is 13. The Labute approximate surface area is 183 Å². The maximum absolute atomic E-state index is 12.8. The summed E-state index contributed by atoms with van der Waals surface area (Å²) in [5.74, 6) is 0.528. The number of aliphatic hydroxyl groups excluding tert-OH is 1. The predicted octanol–water partition coefficient (Wildman–Crippen LogP) is 6.04. The Morgan fingerprint density at radius 2 is 1.71 bits per heavy atom. The van der Waals surface area contributed by atoms with Gasteiger partial charge < -0.3 is 5.11 Å². The third kappa shape index (κ3) is 9.19. The van der Waals surface area contributed by atoms with E-state index in [2.05, 4.69) is 0 Å². The molecular formula is C24H36F3NO3. The van der Waals surface area contributed by atoms with E-state index in [1.807, 2.05) is 0 Å². The molecule has 3 atom stereocenters. The van der Waals surface area contributed by atoms with Crippen LogP contribution in [0.4, 0.5) is 13.2 Å². The van der Waals surface area contributed by atoms with Crippen molar-refractivity contribution in [1.82, 2.24) is 5.48 Å². The van der Waals surface area contributed by atoms with Crippen LogP contribution in [0.5, 0.6) is 0 Å². The van der Waals surface area contributed by atoms with Crippen LogP contribution in [0.2, 0.25) is 0 Å². The van der Waals surface area contributed by atoms with Crippen molar-refractivity contribution in [3.05, 3.63) is 35.4 Å². The van der Waals surface area contributed by atoms with Gasteiger partial charge in [-0.2, -0.15) is 13.2 Å². The first kappa shape index (κ1) is 25.7. The summed E-state index contributed by atoms with van der Waals surface area (Å²) in [6.45, 7) is 0. The minimum absolute atomic E-state index is 0.235. The van der Waals surface area contributed by atoms with Crippen molar-refractivity contribution < 1.29 is 28.3 Å². The molecular weight excluding hydrogens is 407 g/mol. The molecule has 1 aromatic rings. The van der Waals surface area contributed by atoms with Crippen molar-refractivity contribution in [2.45, 2.75) is 95.8 Å². The van der Waals surface area contributed by atoms with Crippen molar-refractivity contribution in [3.63, 3.8) is 0 Å². The lowest BCUT2D eigenvalue weighted by Gasteiger charge is -2.22. The SMILES string of the molecule is O=C(CCCCCC[C@H]1CC[C@@H](O)C1CCCCCc1cccc(C(F)(F)F)c1)NO. The minimum atomic E-state index is -4.29. The summed E-state index contributed by atoms with van der Waals surface area (Å²) in [7, 11) is 0. The molecule has 1 amide bonds. The van der Waals surface area contributed by atoms with E-state index in [9.17, 15) is 23.1 Å². The van der Waals surface area contributed by atoms with Crippen molar-refractivity contribution >= 4 is 5.91 Å². The molecule has 7 heteroatoms. The summed E-state index contributed by atoms with van der Waals surface area (Å²) < 4.78 is 38.4. The van der Waals surface area contributed by atoms with E-state index in [4.69, 9.17) is 5.21 Å². The quantitative estimate of drug-likeness (QED) is 0.198. The Kier molecular flexibility index (Phi) is 10.8. The molecule has 1 aromatic carbocycles. The molecule has 0 radical (unpaired) electrons. The fraction of sp³-hybridized carbons (Fsp3) is 0.708. The third-order valence-corrected chi connectivity index (χ3v) is 6.54. The standard InChI is InChI=1S/C24H36F3NO3/c25-24(26,27)20-12-8-10-18(17-20)9-4-3-6-13-21-19(15-16-22(21)29)11-5-1-2-7-14-23(30)28-31/h8,10,12,17,19,21-22,29,31H,1-7,9,11,13-16H2,(H,28,30)/t19-,21?,22+/m0/s1. The van der Waals surface area contributed by atoms with Crippen LogP contribution in [0.25, 0.3) is 0 Å². The molecule has 0 saturated heterocycles. The number of carbonyl (C=O) groups is 1. The average Bonchev–Trinajstić information content (AvgIpc) is 3.09. The molecule has 1 saturated carbocycles. The Balaban J connectivity index is 1.62. The van der Waals surface area contributed by atoms with E-state index < -0.39 is 11.7 Å². The highest BCUT2D eigenvalue weighted by atomic mass is 19.4. The molecule has 1 unspecified atom stereocenters. The van der Waals surface area contributed by atoms with Gasteiger partial charge in [-0.25, -0.2) is 5.48 Å². The minimum Gasteiger partial charge on any atom is -0.393 e. The van der Waals surface area contributed by atoms with Crippen molar-refractivity contribution in [2.75, 3.05) is 0 Å². The van der Waals surface area contributed by atoms with Gasteiger partial charge in [0, 0.05) is 6.42 Å². The summed E-state index contributed by atoms with van der Waals surface area (Å²) in [4.78, 5) is 11.0. The van der Waals surface area contributed by atoms with Gasteiger partial charge in [-0.15, -0.1) is 0 Å². The molecule has 1 aliphatic rings. The second-order valence-electron chi connectivity index (χ2n) is 8.85. The molecule has 4 nitrogen and oxygen atoms in total. The van der Waals surface area contributed by atoms with Crippen LogP contribution < -0.4 is 5.48 Å². The zero-order valence-corrected chi connectivity index (χ0v) is 18.2. The maximum Gasteiger partial charge on any atom is 0.416 e. The molecule has 0 aromatic heterocycles. The van der Waals surface area contributed by atoms with Crippen molar-refractivity contribution in [1.29, 1.82) is 0 Å². The Hall–Kier alpha value is -1.60. The average molecular weight is 444 g/mol. The lowest BCUT2D eigenvalue weighted by atomic mass is 9.85. The van der Waals surface area contributed by atoms with E-state index in [0.29, 0.717) is 24.7 Å². The number of halogens is 3. The highest BCUT2D eigenvalue weighted by Crippen LogP contribution is 2.39. The van der Waals surface area contributed by atoms with Crippen LogP contribution in [0.3, 0.4) is 0 Å². The number of hydrogen-bond donors (Lipinski definition) is 3. The van der Waals surface area contributed by atoms with E-state index in [1.165, 1.54) is 12.1 Å². The molecule has 1 fully saturated rings. The van der Waals surface area contributed by atoms with E-state index in [-0.39, 0.29) is 12.0 Å². The second kappa shape index (κ2) is 13.1. The van der Waals surface area contributed by atoms with Crippen LogP contribution in [0.1, 0.15) is 88.2 Å². The Morgan fingerprint density at radius 1 is 1.00 bits per heavy atom. The smallest absolute Gasteiger partial charge is 0.393 e. The summed E-state index contributed by atoms with van der Waals surface area (Å²) in [5, 5.41) is 18.8. The number of nitrogens with one attached hydrogen (secondary N) is 1. The first-order chi connectivity index (χ1) is 14.8. The molecule has 0 heterocycles. The topological polar surface area (TPSA) is 69.6 Å². The van der Waals surface area contributed by atoms with Gasteiger partial charge in [0.2, 0.25) is 5.91 Å². The van der Waals surface area contributed by atoms with Crippen LogP contribution in [-0.2, 0) is 17.4 Å². The molecule has 0 aliphatic heterocycles. The summed E-state index contributed by atoms with van der Waals surface area (Å²) in [6.07, 6.45) is 7.14. The fourth-order valence-electron chi connectivity index (χ4n) is 4.80. The first-order valence-corrected chi connectivity index (χ1v) is 11.6. The first-order valence-electron chi connectivity index (χ1n) is 11.6. The summed E-state index contributed by atoms with van der Waals surface area (Å²) in [6, 6.07) is 5.57. The number of aryl methyl sites for hydroxylation is 1. The van der Waals surface area contributed by atoms with Gasteiger partial charge in [0.1, 0.15) is 0 Å². The maximum atomic E-state index is 12.8. The largest absolute Gasteiger partial charge is 0.416 e. The van der Waals surface area contributed by atoms with E-state index in [1.54, 1.807) is 11.5 Å². The molecule has 2 rings (SSSR count). The second-order valence-corrected chi connectivity index (χ2v) is 8.85. The van der Waals surface area contributed by atoms with Gasteiger partial charge in [0.25, 0.3) is 0 Å². The number of benzene rings is 1. The number of hydroxylamine groups is 1. The number of carbonyl (C=O) groups excluding carboxylic acids is 1. The van der Waals surface area contributed by atoms with Gasteiger partial charge in [0.15, 0.2) is 0 Å². The lowest BCUT2D eigenvalue weighted by Crippen LogP contribution is -2.19. The third-order valence-electron chi connectivity index (χ3n) is 6.54. The van der Waals surface area contributed by atoms with Gasteiger partial charge in [-0.05, 0) is 62.0 Å². The monoisotopic (exact) mass is 443 g/mol. The van der Waals surface area contributed by atoms with Gasteiger partial charge >= 0.3 is 6.18 Å². The van der Waals surface area contributed by atoms with Crippen molar-refractivity contribution in [2.24, 2.45) is 11.8 Å². The fourth-order valence-corrected chi connectivity index (χ4v) is 4.80. The zero-order chi connectivity index (χ0) is 22.7. The van der Waals surface area contributed by atoms with Gasteiger partial charge in [0.05, 0.1) is 11.7 Å². The van der Waals surface area contributed by atoms with Gasteiger partial charge in [-0.3, -0.25) is 10.0 Å². The van der Waals surface area contributed by atoms with Crippen LogP contribution in [0.15, 0.2) is 24.3 Å². The molecule has 0 bridgehead atoms. The number of unbranched alkanes of at least 4 members (excludes halogenated alkanes) is 5. The highest BCUT2D eigenvalue weighted by molar-refractivity contribution is 5.74. The summed E-state index contributed by atoms with van der Waals surface area (Å²) in [5.41, 5.74) is 1.79. The Morgan fingerprint density at radius 3 is 2.45 bits per heavy atom. The molecule has 176 valence electrons. The van der Waals surface area contributed by atoms with Gasteiger partial charge in [-0.1, -0.05) is 56.7 Å². The number of aliphatic hydroxyl groups is 1. The molecule has 3 N–H and O–H groups in total. The number of alkyl halides is 3. The van der Waals surface area contributed by atoms with E-state index in [0.717, 1.165) is 82.3 Å². The molecule has 0 spiro atoms. The highest BCUT2D eigenvalue weighted by Gasteiger charge is 2.33. The summed E-state index contributed by atoms with van der Waals surface area (Å²) >= 11 is 0. The van der Waals surface area contributed by atoms with Crippen molar-refractivity contribution in [3.8, 4) is 0 Å². The molecule has 1 aliphatic carbocycles. The number of hydrogen-bond acceptors (Lipinski definition) is 3. The van der Waals surface area contributed by atoms with Crippen LogP contribution in [0, 0.1) is 11.8 Å². The van der Waals surface area contributed by atoms with E-state index >= 15 is 0 Å². The lowest BCUT2D eigenvalue weighted by molar-refractivity contribution is -0.137. The predicted molar refractivity (Wildman–Crippen MR) is 113 cm³/mol. The van der Waals surface area contributed by atoms with Crippen LogP contribution in [-0.4, -0.2) is 22.3 Å². The zero-order valence-electron chi connectivity index (χ0n) is 18.2. The molecule has 31 heavy (non-hydrogen) atoms.